The predicted molar refractivity (Wildman–Crippen MR) is 120 cm³/mol. The van der Waals surface area contributed by atoms with Gasteiger partial charge in [-0.1, -0.05) is 24.3 Å². The molecule has 4 aromatic rings. The predicted octanol–water partition coefficient (Wildman–Crippen LogP) is 2.73. The van der Waals surface area contributed by atoms with Gasteiger partial charge in [0.1, 0.15) is 29.5 Å². The van der Waals surface area contributed by atoms with Gasteiger partial charge < -0.3 is 19.9 Å². The SMILES string of the molecule is NC(=O)[C@@H]1CCCN1c1cc2c3c(c1)nc(-c1ccc(-c4nc[nH]n4)cc1)n3CCCO2. The Balaban J connectivity index is 1.46. The number of hydrogen-bond donors (Lipinski definition) is 2. The van der Waals surface area contributed by atoms with Crippen LogP contribution in [0.3, 0.4) is 0 Å². The highest BCUT2D eigenvalue weighted by atomic mass is 16.5. The number of anilines is 1. The Bertz CT molecular complexity index is 1290. The minimum atomic E-state index is -0.285. The first-order valence-corrected chi connectivity index (χ1v) is 10.9. The number of hydrogen-bond acceptors (Lipinski definition) is 6. The number of nitrogens with two attached hydrogens (primary N) is 1. The molecule has 9 nitrogen and oxygen atoms in total. The van der Waals surface area contributed by atoms with Crippen LogP contribution in [0.25, 0.3) is 33.8 Å². The van der Waals surface area contributed by atoms with Gasteiger partial charge in [-0.3, -0.25) is 9.89 Å². The minimum absolute atomic E-state index is 0.282. The number of H-pyrrole nitrogens is 1. The van der Waals surface area contributed by atoms with Gasteiger partial charge in [0.2, 0.25) is 5.91 Å². The first-order valence-electron chi connectivity index (χ1n) is 10.9. The molecule has 2 aliphatic rings. The summed E-state index contributed by atoms with van der Waals surface area (Å²) >= 11 is 0. The second-order valence-corrected chi connectivity index (χ2v) is 8.25. The van der Waals surface area contributed by atoms with Gasteiger partial charge in [-0.25, -0.2) is 9.97 Å². The van der Waals surface area contributed by atoms with E-state index in [0.717, 1.165) is 71.8 Å². The molecule has 9 heteroatoms. The lowest BCUT2D eigenvalue weighted by Crippen LogP contribution is -2.40. The van der Waals surface area contributed by atoms with Crippen LogP contribution >= 0.6 is 0 Å². The summed E-state index contributed by atoms with van der Waals surface area (Å²) in [5.74, 6) is 2.09. The van der Waals surface area contributed by atoms with Gasteiger partial charge in [-0.05, 0) is 25.3 Å². The molecule has 1 saturated heterocycles. The van der Waals surface area contributed by atoms with E-state index >= 15 is 0 Å². The van der Waals surface area contributed by atoms with Gasteiger partial charge in [0.25, 0.3) is 0 Å². The molecule has 1 amide bonds. The van der Waals surface area contributed by atoms with Crippen LogP contribution in [0.4, 0.5) is 5.69 Å². The van der Waals surface area contributed by atoms with Crippen molar-refractivity contribution in [2.45, 2.75) is 31.8 Å². The number of aromatic nitrogens is 5. The third-order valence-corrected chi connectivity index (χ3v) is 6.30. The molecule has 4 heterocycles. The first kappa shape index (κ1) is 18.9. The fourth-order valence-corrected chi connectivity index (χ4v) is 4.82. The number of ether oxygens (including phenoxy) is 1. The molecule has 1 atom stereocenters. The third kappa shape index (κ3) is 3.00. The number of aromatic amines is 1. The van der Waals surface area contributed by atoms with Crippen molar-refractivity contribution in [3.63, 3.8) is 0 Å². The largest absolute Gasteiger partial charge is 0.491 e. The van der Waals surface area contributed by atoms with Gasteiger partial charge in [-0.2, -0.15) is 5.10 Å². The second-order valence-electron chi connectivity index (χ2n) is 8.25. The molecule has 32 heavy (non-hydrogen) atoms. The zero-order chi connectivity index (χ0) is 21.7. The molecule has 0 bridgehead atoms. The molecule has 0 saturated carbocycles. The molecule has 0 unspecified atom stereocenters. The number of benzene rings is 2. The quantitative estimate of drug-likeness (QED) is 0.515. The lowest BCUT2D eigenvalue weighted by atomic mass is 10.1. The maximum Gasteiger partial charge on any atom is 0.240 e. The average molecular weight is 429 g/mol. The van der Waals surface area contributed by atoms with Gasteiger partial charge in [0.05, 0.1) is 12.1 Å². The second kappa shape index (κ2) is 7.37. The molecule has 1 fully saturated rings. The Morgan fingerprint density at radius 1 is 1.12 bits per heavy atom. The number of carbonyl (C=O) groups is 1. The maximum absolute atomic E-state index is 11.9. The van der Waals surface area contributed by atoms with Crippen LogP contribution in [0.1, 0.15) is 19.3 Å². The molecule has 2 aromatic carbocycles. The van der Waals surface area contributed by atoms with E-state index in [2.05, 4.69) is 30.7 Å². The number of primary amides is 1. The fraction of sp³-hybridized carbons (Fsp3) is 0.304. The molecule has 3 N–H and O–H groups in total. The molecular formula is C23H23N7O2. The summed E-state index contributed by atoms with van der Waals surface area (Å²) in [6.45, 7) is 2.27. The zero-order valence-electron chi connectivity index (χ0n) is 17.5. The van der Waals surface area contributed by atoms with Gasteiger partial charge in [0, 0.05) is 36.0 Å². The summed E-state index contributed by atoms with van der Waals surface area (Å²) in [7, 11) is 0. The van der Waals surface area contributed by atoms with Crippen LogP contribution in [-0.4, -0.2) is 49.8 Å². The molecule has 162 valence electrons. The van der Waals surface area contributed by atoms with E-state index in [1.807, 2.05) is 30.3 Å². The smallest absolute Gasteiger partial charge is 0.240 e. The number of rotatable bonds is 4. The van der Waals surface area contributed by atoms with Crippen LogP contribution in [0.5, 0.6) is 5.75 Å². The lowest BCUT2D eigenvalue weighted by molar-refractivity contribution is -0.119. The number of nitrogens with zero attached hydrogens (tertiary/aromatic N) is 5. The van der Waals surface area contributed by atoms with Crippen LogP contribution in [0.2, 0.25) is 0 Å². The highest BCUT2D eigenvalue weighted by Crippen LogP contribution is 2.38. The van der Waals surface area contributed by atoms with Crippen LogP contribution < -0.4 is 15.4 Å². The zero-order valence-corrected chi connectivity index (χ0v) is 17.5. The number of nitrogens with one attached hydrogen (secondary N) is 1. The van der Waals surface area contributed by atoms with Crippen LogP contribution in [0.15, 0.2) is 42.7 Å². The number of imidazole rings is 1. The lowest BCUT2D eigenvalue weighted by Gasteiger charge is -2.25. The van der Waals surface area contributed by atoms with Gasteiger partial charge >= 0.3 is 0 Å². The summed E-state index contributed by atoms with van der Waals surface area (Å²) in [5.41, 5.74) is 10.4. The third-order valence-electron chi connectivity index (χ3n) is 6.30. The van der Waals surface area contributed by atoms with E-state index in [-0.39, 0.29) is 11.9 Å². The Morgan fingerprint density at radius 2 is 1.97 bits per heavy atom. The van der Waals surface area contributed by atoms with Crippen molar-refractivity contribution in [1.82, 2.24) is 24.7 Å². The normalized spacial score (nSPS) is 18.0. The standard InChI is InChI=1S/C23H23N7O2/c24-21(31)18-3-1-8-29(18)16-11-17-20-19(12-16)32-10-2-9-30(20)23(27-17)15-6-4-14(5-7-15)22-25-13-26-28-22/h4-7,11-13,18H,1-3,8-10H2,(H2,24,31)(H,25,26,28)/t18-/m0/s1. The summed E-state index contributed by atoms with van der Waals surface area (Å²) in [5, 5.41) is 6.89. The van der Waals surface area contributed by atoms with Crippen molar-refractivity contribution < 1.29 is 9.53 Å². The minimum Gasteiger partial charge on any atom is -0.491 e. The number of amides is 1. The van der Waals surface area contributed by atoms with Crippen molar-refractivity contribution in [2.75, 3.05) is 18.1 Å². The molecule has 2 aromatic heterocycles. The summed E-state index contributed by atoms with van der Waals surface area (Å²) < 4.78 is 8.35. The average Bonchev–Trinajstić information content (AvgIpc) is 3.53. The van der Waals surface area contributed by atoms with E-state index in [9.17, 15) is 4.79 Å². The molecular weight excluding hydrogens is 406 g/mol. The summed E-state index contributed by atoms with van der Waals surface area (Å²) in [6.07, 6.45) is 4.19. The molecule has 0 spiro atoms. The first-order chi connectivity index (χ1) is 15.7. The highest BCUT2D eigenvalue weighted by Gasteiger charge is 2.31. The molecule has 6 rings (SSSR count). The Kier molecular flexibility index (Phi) is 4.34. The number of aryl methyl sites for hydroxylation is 1. The van der Waals surface area contributed by atoms with Crippen molar-refractivity contribution in [2.24, 2.45) is 5.73 Å². The van der Waals surface area contributed by atoms with Crippen molar-refractivity contribution in [3.8, 4) is 28.5 Å². The van der Waals surface area contributed by atoms with Gasteiger partial charge in [0.15, 0.2) is 5.82 Å². The van der Waals surface area contributed by atoms with E-state index < -0.39 is 0 Å². The van der Waals surface area contributed by atoms with E-state index in [0.29, 0.717) is 12.4 Å². The fourth-order valence-electron chi connectivity index (χ4n) is 4.82. The summed E-state index contributed by atoms with van der Waals surface area (Å²) in [4.78, 5) is 23.2. The maximum atomic E-state index is 11.9. The van der Waals surface area contributed by atoms with E-state index in [4.69, 9.17) is 15.5 Å². The van der Waals surface area contributed by atoms with Gasteiger partial charge in [-0.15, -0.1) is 0 Å². The molecule has 0 aliphatic carbocycles. The van der Waals surface area contributed by atoms with Crippen molar-refractivity contribution >= 4 is 22.6 Å². The van der Waals surface area contributed by atoms with Crippen molar-refractivity contribution in [3.05, 3.63) is 42.7 Å². The number of carbonyl (C=O) groups excluding carboxylic acids is 1. The Morgan fingerprint density at radius 3 is 2.75 bits per heavy atom. The van der Waals surface area contributed by atoms with Crippen LogP contribution in [0, 0.1) is 0 Å². The van der Waals surface area contributed by atoms with E-state index in [1.165, 1.54) is 0 Å². The Labute approximate surface area is 184 Å². The molecule has 0 radical (unpaired) electrons. The highest BCUT2D eigenvalue weighted by molar-refractivity contribution is 5.91. The molecule has 2 aliphatic heterocycles. The Hall–Kier alpha value is -3.88. The summed E-state index contributed by atoms with van der Waals surface area (Å²) in [6, 6.07) is 11.9. The van der Waals surface area contributed by atoms with Crippen LogP contribution in [-0.2, 0) is 11.3 Å². The monoisotopic (exact) mass is 429 g/mol. The van der Waals surface area contributed by atoms with Crippen molar-refractivity contribution in [1.29, 1.82) is 0 Å². The van der Waals surface area contributed by atoms with E-state index in [1.54, 1.807) is 6.33 Å². The topological polar surface area (TPSA) is 115 Å².